The molecule has 1 aromatic rings. The van der Waals surface area contributed by atoms with E-state index < -0.39 is 0 Å². The smallest absolute Gasteiger partial charge is 0.357 e. The molecule has 0 radical (unpaired) electrons. The average Bonchev–Trinajstić information content (AvgIpc) is 2.75. The van der Waals surface area contributed by atoms with Crippen LogP contribution in [0.3, 0.4) is 0 Å². The molecule has 118 valence electrons. The Labute approximate surface area is 131 Å². The largest absolute Gasteiger partial charge is 0.461 e. The van der Waals surface area contributed by atoms with Crippen LogP contribution in [0.15, 0.2) is 5.38 Å². The fourth-order valence-corrected chi connectivity index (χ4v) is 3.71. The minimum absolute atomic E-state index is 0.317. The van der Waals surface area contributed by atoms with Crippen molar-refractivity contribution in [2.75, 3.05) is 24.6 Å². The molecule has 0 bridgehead atoms. The molecule has 1 unspecified atom stereocenters. The molecule has 0 saturated carbocycles. The molecule has 21 heavy (non-hydrogen) atoms. The molecule has 1 fully saturated rings. The van der Waals surface area contributed by atoms with Gasteiger partial charge in [-0.1, -0.05) is 20.8 Å². The van der Waals surface area contributed by atoms with Crippen LogP contribution in [0.25, 0.3) is 0 Å². The zero-order valence-corrected chi connectivity index (χ0v) is 14.3. The van der Waals surface area contributed by atoms with E-state index >= 15 is 0 Å². The maximum absolute atomic E-state index is 11.7. The van der Waals surface area contributed by atoms with E-state index in [0.29, 0.717) is 17.7 Å². The number of anilines is 1. The first kappa shape index (κ1) is 16.3. The van der Waals surface area contributed by atoms with Gasteiger partial charge in [0.2, 0.25) is 0 Å². The highest BCUT2D eigenvalue weighted by Crippen LogP contribution is 2.35. The fraction of sp³-hybridized carbons (Fsp3) is 0.750. The van der Waals surface area contributed by atoms with Crippen LogP contribution in [0.2, 0.25) is 0 Å². The van der Waals surface area contributed by atoms with Crippen molar-refractivity contribution >= 4 is 22.4 Å². The normalized spacial score (nSPS) is 20.2. The Morgan fingerprint density at radius 3 is 2.86 bits per heavy atom. The average molecular weight is 310 g/mol. The van der Waals surface area contributed by atoms with Crippen molar-refractivity contribution in [2.24, 2.45) is 11.3 Å². The maximum atomic E-state index is 11.7. The summed E-state index contributed by atoms with van der Waals surface area (Å²) in [5, 5.41) is 2.76. The van der Waals surface area contributed by atoms with E-state index in [9.17, 15) is 4.79 Å². The standard InChI is InChI=1S/C16H26N2O2S/c1-5-20-14(19)13-11-21-15(17-13)18-9-6-7-12(8-10-18)16(2,3)4/h11-12H,5-10H2,1-4H3. The summed E-state index contributed by atoms with van der Waals surface area (Å²) in [6.07, 6.45) is 3.66. The summed E-state index contributed by atoms with van der Waals surface area (Å²) in [7, 11) is 0. The first-order chi connectivity index (χ1) is 9.91. The number of rotatable bonds is 3. The molecule has 0 spiro atoms. The van der Waals surface area contributed by atoms with Gasteiger partial charge in [-0.2, -0.15) is 0 Å². The lowest BCUT2D eigenvalue weighted by Crippen LogP contribution is -2.26. The van der Waals surface area contributed by atoms with Crippen LogP contribution >= 0.6 is 11.3 Å². The van der Waals surface area contributed by atoms with Crippen LogP contribution in [0.4, 0.5) is 5.13 Å². The molecule has 0 aromatic carbocycles. The Kier molecular flexibility index (Phi) is 5.25. The number of hydrogen-bond acceptors (Lipinski definition) is 5. The maximum Gasteiger partial charge on any atom is 0.357 e. The molecule has 1 saturated heterocycles. The summed E-state index contributed by atoms with van der Waals surface area (Å²) in [6.45, 7) is 11.2. The second kappa shape index (κ2) is 6.77. The summed E-state index contributed by atoms with van der Waals surface area (Å²) in [5.41, 5.74) is 0.808. The zero-order valence-electron chi connectivity index (χ0n) is 13.5. The number of ether oxygens (including phenoxy) is 1. The number of carbonyl (C=O) groups excluding carboxylic acids is 1. The first-order valence-corrected chi connectivity index (χ1v) is 8.67. The lowest BCUT2D eigenvalue weighted by atomic mass is 9.77. The molecule has 2 heterocycles. The van der Waals surface area contributed by atoms with E-state index in [1.54, 1.807) is 16.7 Å². The lowest BCUT2D eigenvalue weighted by molar-refractivity contribution is 0.0520. The number of hydrogen-bond donors (Lipinski definition) is 0. The van der Waals surface area contributed by atoms with Crippen molar-refractivity contribution in [3.8, 4) is 0 Å². The highest BCUT2D eigenvalue weighted by atomic mass is 32.1. The van der Waals surface area contributed by atoms with Gasteiger partial charge >= 0.3 is 5.97 Å². The Morgan fingerprint density at radius 1 is 1.43 bits per heavy atom. The number of aromatic nitrogens is 1. The predicted molar refractivity (Wildman–Crippen MR) is 87.1 cm³/mol. The third-order valence-electron chi connectivity index (χ3n) is 4.20. The van der Waals surface area contributed by atoms with Crippen molar-refractivity contribution in [3.05, 3.63) is 11.1 Å². The molecule has 1 aliphatic heterocycles. The van der Waals surface area contributed by atoms with Gasteiger partial charge in [0.05, 0.1) is 6.61 Å². The van der Waals surface area contributed by atoms with Crippen LogP contribution in [0.1, 0.15) is 57.4 Å². The third-order valence-corrected chi connectivity index (χ3v) is 5.10. The van der Waals surface area contributed by atoms with Gasteiger partial charge in [-0.05, 0) is 37.5 Å². The molecule has 0 N–H and O–H groups in total. The van der Waals surface area contributed by atoms with Gasteiger partial charge < -0.3 is 9.64 Å². The van der Waals surface area contributed by atoms with Crippen LogP contribution in [-0.2, 0) is 4.74 Å². The van der Waals surface area contributed by atoms with Gasteiger partial charge in [0.1, 0.15) is 0 Å². The monoisotopic (exact) mass is 310 g/mol. The molecule has 0 amide bonds. The molecule has 1 aliphatic rings. The second-order valence-corrected chi connectivity index (χ2v) is 7.55. The van der Waals surface area contributed by atoms with Crippen molar-refractivity contribution < 1.29 is 9.53 Å². The Bertz CT molecular complexity index is 479. The van der Waals surface area contributed by atoms with Gasteiger partial charge in [0, 0.05) is 18.5 Å². The molecule has 0 aliphatic carbocycles. The van der Waals surface area contributed by atoms with Crippen molar-refractivity contribution in [3.63, 3.8) is 0 Å². The Balaban J connectivity index is 2.01. The Morgan fingerprint density at radius 2 is 2.19 bits per heavy atom. The summed E-state index contributed by atoms with van der Waals surface area (Å²) in [6, 6.07) is 0. The van der Waals surface area contributed by atoms with Crippen molar-refractivity contribution in [1.82, 2.24) is 4.98 Å². The highest BCUT2D eigenvalue weighted by molar-refractivity contribution is 7.13. The second-order valence-electron chi connectivity index (χ2n) is 6.72. The van der Waals surface area contributed by atoms with E-state index in [0.717, 1.165) is 24.1 Å². The number of carbonyl (C=O) groups is 1. The number of esters is 1. The lowest BCUT2D eigenvalue weighted by Gasteiger charge is -2.29. The molecule has 1 atom stereocenters. The third kappa shape index (κ3) is 4.19. The quantitative estimate of drug-likeness (QED) is 0.792. The van der Waals surface area contributed by atoms with Crippen molar-refractivity contribution in [2.45, 2.75) is 47.0 Å². The van der Waals surface area contributed by atoms with E-state index in [4.69, 9.17) is 4.74 Å². The van der Waals surface area contributed by atoms with E-state index in [1.165, 1.54) is 19.3 Å². The Hall–Kier alpha value is -1.10. The predicted octanol–water partition coefficient (Wildman–Crippen LogP) is 3.97. The van der Waals surface area contributed by atoms with E-state index in [-0.39, 0.29) is 5.97 Å². The first-order valence-electron chi connectivity index (χ1n) is 7.79. The van der Waals surface area contributed by atoms with Gasteiger partial charge in [0.25, 0.3) is 0 Å². The minimum atomic E-state index is -0.317. The summed E-state index contributed by atoms with van der Waals surface area (Å²) in [5.74, 6) is 0.439. The van der Waals surface area contributed by atoms with Crippen LogP contribution < -0.4 is 4.90 Å². The highest BCUT2D eigenvalue weighted by Gasteiger charge is 2.28. The van der Waals surface area contributed by atoms with Crippen LogP contribution in [-0.4, -0.2) is 30.6 Å². The molecule has 2 rings (SSSR count). The number of thiazole rings is 1. The molecule has 1 aromatic heterocycles. The van der Waals surface area contributed by atoms with E-state index in [1.807, 2.05) is 6.92 Å². The van der Waals surface area contributed by atoms with Gasteiger partial charge in [-0.15, -0.1) is 11.3 Å². The summed E-state index contributed by atoms with van der Waals surface area (Å²) in [4.78, 5) is 18.5. The van der Waals surface area contributed by atoms with Gasteiger partial charge in [-0.25, -0.2) is 9.78 Å². The zero-order chi connectivity index (χ0) is 15.5. The SMILES string of the molecule is CCOC(=O)c1csc(N2CCCC(C(C)(C)C)CC2)n1. The van der Waals surface area contributed by atoms with Crippen LogP contribution in [0.5, 0.6) is 0 Å². The molecular weight excluding hydrogens is 284 g/mol. The topological polar surface area (TPSA) is 42.4 Å². The molecule has 4 nitrogen and oxygen atoms in total. The summed E-state index contributed by atoms with van der Waals surface area (Å²) < 4.78 is 5.00. The van der Waals surface area contributed by atoms with Gasteiger partial charge in [0.15, 0.2) is 10.8 Å². The van der Waals surface area contributed by atoms with Gasteiger partial charge in [-0.3, -0.25) is 0 Å². The van der Waals surface area contributed by atoms with E-state index in [2.05, 4.69) is 30.7 Å². The van der Waals surface area contributed by atoms with Crippen molar-refractivity contribution in [1.29, 1.82) is 0 Å². The minimum Gasteiger partial charge on any atom is -0.461 e. The summed E-state index contributed by atoms with van der Waals surface area (Å²) >= 11 is 1.54. The molecular formula is C16H26N2O2S. The number of nitrogens with zero attached hydrogens (tertiary/aromatic N) is 2. The van der Waals surface area contributed by atoms with Crippen LogP contribution in [0, 0.1) is 11.3 Å². The fourth-order valence-electron chi connectivity index (χ4n) is 2.86. The molecule has 5 heteroatoms.